The first-order valence-corrected chi connectivity index (χ1v) is 43.4. The highest BCUT2D eigenvalue weighted by Crippen LogP contribution is 2.37. The van der Waals surface area contributed by atoms with Crippen molar-refractivity contribution in [2.45, 2.75) is 229 Å². The number of carboxylic acid groups (broad SMARTS) is 1. The Bertz CT molecular complexity index is 4350. The molecule has 124 heavy (non-hydrogen) atoms. The molecule has 7 rings (SSSR count). The number of aliphatic carboxylic acids is 1. The van der Waals surface area contributed by atoms with E-state index in [1.165, 1.54) is 84.5 Å². The second-order valence-corrected chi connectivity index (χ2v) is 37.8. The van der Waals surface area contributed by atoms with Gasteiger partial charge in [-0.1, -0.05) is 158 Å². The van der Waals surface area contributed by atoms with Gasteiger partial charge < -0.3 is 92.0 Å². The van der Waals surface area contributed by atoms with Crippen molar-refractivity contribution in [2.24, 2.45) is 45.3 Å². The van der Waals surface area contributed by atoms with Crippen molar-refractivity contribution < 1.29 is 118 Å². The van der Waals surface area contributed by atoms with E-state index in [4.69, 9.17) is 46.3 Å². The van der Waals surface area contributed by atoms with Gasteiger partial charge in [-0.15, -0.1) is 13.5 Å². The number of ether oxygens (including phenoxy) is 8. The van der Waals surface area contributed by atoms with E-state index < -0.39 is 159 Å². The number of likely N-dealkylation sites (tertiary alicyclic amines) is 1. The number of aliphatic hydroxyl groups is 3. The van der Waals surface area contributed by atoms with Crippen LogP contribution in [0.5, 0.6) is 17.2 Å². The van der Waals surface area contributed by atoms with Gasteiger partial charge in [0.15, 0.2) is 11.5 Å². The third-order valence-corrected chi connectivity index (χ3v) is 23.0. The molecule has 1 aromatic heterocycles. The van der Waals surface area contributed by atoms with Crippen molar-refractivity contribution in [1.29, 1.82) is 0 Å². The zero-order valence-corrected chi connectivity index (χ0v) is 76.2. The number of carbonyl (C=O) groups excluding carboxylic acids is 8. The van der Waals surface area contributed by atoms with Crippen LogP contribution in [-0.4, -0.2) is 283 Å². The molecule has 3 aromatic carbocycles. The molecular formula is C88H132N10O25S. The highest BCUT2D eigenvalue weighted by atomic mass is 32.3. The lowest BCUT2D eigenvalue weighted by molar-refractivity contribution is -0.230. The summed E-state index contributed by atoms with van der Waals surface area (Å²) in [5.74, 6) is -7.59. The summed E-state index contributed by atoms with van der Waals surface area (Å²) in [5.41, 5.74) is -0.214. The quantitative estimate of drug-likeness (QED) is 0.0242. The lowest BCUT2D eigenvalue weighted by Gasteiger charge is -2.41. The van der Waals surface area contributed by atoms with E-state index >= 15 is 0 Å². The van der Waals surface area contributed by atoms with Crippen LogP contribution in [0.2, 0.25) is 0 Å². The molecule has 0 saturated carbocycles. The third kappa shape index (κ3) is 29.4. The summed E-state index contributed by atoms with van der Waals surface area (Å²) in [5, 5.41) is 55.3. The summed E-state index contributed by atoms with van der Waals surface area (Å²) < 4.78 is 88.3. The van der Waals surface area contributed by atoms with Crippen LogP contribution >= 0.6 is 0 Å². The number of amides is 8. The second-order valence-electron chi connectivity index (χ2n) is 36.6. The number of rotatable bonds is 49. The molecular weight excluding hydrogens is 1630 g/mol. The van der Waals surface area contributed by atoms with Crippen molar-refractivity contribution in [3.05, 3.63) is 114 Å². The molecule has 13 atom stereocenters. The fourth-order valence-electron chi connectivity index (χ4n) is 15.6. The average Bonchev–Trinajstić information content (AvgIpc) is 1.51. The van der Waals surface area contributed by atoms with Crippen LogP contribution in [0.25, 0.3) is 0 Å². The number of nitrogens with one attached hydrogen (secondary N) is 2. The first-order valence-electron chi connectivity index (χ1n) is 42.1. The van der Waals surface area contributed by atoms with Crippen molar-refractivity contribution in [2.75, 3.05) is 94.6 Å². The predicted molar refractivity (Wildman–Crippen MR) is 455 cm³/mol. The minimum atomic E-state index is -5.10. The number of imide groups is 1. The molecule has 35 nitrogen and oxygen atoms in total. The van der Waals surface area contributed by atoms with Crippen LogP contribution in [0, 0.1) is 45.3 Å². The van der Waals surface area contributed by atoms with E-state index in [-0.39, 0.29) is 98.3 Å². The molecule has 6 unspecified atom stereocenters. The number of hydrogen-bond donors (Lipinski definition) is 6. The van der Waals surface area contributed by atoms with Crippen LogP contribution in [0.15, 0.2) is 91.1 Å². The molecule has 0 aliphatic carbocycles. The topological polar surface area (TPSA) is 432 Å². The van der Waals surface area contributed by atoms with E-state index in [2.05, 4.69) is 20.9 Å². The van der Waals surface area contributed by atoms with Gasteiger partial charge in [-0.3, -0.25) is 48.0 Å². The molecule has 4 aromatic rings. The van der Waals surface area contributed by atoms with Gasteiger partial charge in [0.2, 0.25) is 29.9 Å². The molecule has 3 aliphatic rings. The molecule has 0 spiro atoms. The number of nitrogens with zero attached hydrogens (tertiary/aromatic N) is 8. The highest BCUT2D eigenvalue weighted by Gasteiger charge is 2.46. The van der Waals surface area contributed by atoms with Gasteiger partial charge in [-0.05, 0) is 72.1 Å². The molecule has 2 fully saturated rings. The number of benzene rings is 3. The van der Waals surface area contributed by atoms with Gasteiger partial charge in [0.05, 0.1) is 95.2 Å². The maximum Gasteiger partial charge on any atom is 0.501 e. The maximum atomic E-state index is 14.9. The first kappa shape index (κ1) is 102. The fraction of sp³-hybridized carbons (Fsp3) is 0.648. The Morgan fingerprint density at radius 1 is 0.710 bits per heavy atom. The van der Waals surface area contributed by atoms with Crippen molar-refractivity contribution in [1.82, 2.24) is 50.1 Å². The van der Waals surface area contributed by atoms with E-state index in [0.717, 1.165) is 16.5 Å². The van der Waals surface area contributed by atoms with Gasteiger partial charge in [0, 0.05) is 114 Å². The zero-order chi connectivity index (χ0) is 92.1. The Kier molecular flexibility index (Phi) is 37.2. The number of likely N-dealkylation sites (N-methyl/N-ethyl adjacent to an activating group) is 2. The predicted octanol–water partition coefficient (Wildman–Crippen LogP) is 7.01. The lowest BCUT2D eigenvalue weighted by atomic mass is 9.89. The molecule has 0 radical (unpaired) electrons. The van der Waals surface area contributed by atoms with Crippen LogP contribution in [-0.2, 0) is 103 Å². The number of carbonyl (C=O) groups is 9. The van der Waals surface area contributed by atoms with E-state index in [1.54, 1.807) is 82.6 Å². The monoisotopic (exact) mass is 1760 g/mol. The third-order valence-electron chi connectivity index (χ3n) is 22.2. The summed E-state index contributed by atoms with van der Waals surface area (Å²) in [6.45, 7) is 30.2. The van der Waals surface area contributed by atoms with Gasteiger partial charge in [-0.25, -0.2) is 9.59 Å². The Morgan fingerprint density at radius 2 is 1.33 bits per heavy atom. The molecule has 2 saturated heterocycles. The molecule has 690 valence electrons. The number of hydrogen-bond acceptors (Lipinski definition) is 26. The highest BCUT2D eigenvalue weighted by molar-refractivity contribution is 7.82. The van der Waals surface area contributed by atoms with Crippen molar-refractivity contribution in [3.63, 3.8) is 0 Å². The lowest BCUT2D eigenvalue weighted by Crippen LogP contribution is -2.60. The standard InChI is InChI=1S/C88H132N10O25S/c1-21-56(6)76(68(114-19)41-72(103)97-37-25-28-64(97)78(115-20)57(7)79(105)89-63(83(109)110)38-58-26-23-22-24-27-58)94(17)82(108)74(54(2)3)90-80(106)75(55(4)5)95(18)84(111)119-44-59-29-32-62(33-30-59)122-124(112,113)123-67-39-60(31-34-66(67)120-73-40-65(100)77(104)69(43-99)121-73)81(107)93(16)46-85(8,9)49-117-50-86(10,11)47-96-42-61(91-92-96)45-116-52-88(14,15)53-118-51-87(12,13)48-98-70(101)35-36-71(98)102/h22-24,26-27,29-36,39,42,54-57,63-65,68-69,73-78,99-100,104H,21,25,28,37-38,40-41,43-53H2,1-20H3,(H,89,105)(H,90,106)(H,109,110)/t56?,57-,63?,64+,65-,68?,69?,73?,74+,75+,76+,77-,78?/m1/s1. The molecule has 8 amide bonds. The van der Waals surface area contributed by atoms with Gasteiger partial charge in [0.1, 0.15) is 48.4 Å². The number of aromatic nitrogens is 3. The second kappa shape index (κ2) is 45.3. The SMILES string of the molecule is CCC(C)[C@@H](C(CC(=O)N1CCC[C@H]1C(OC)[C@@H](C)C(=O)NC(Cc1ccccc1)C(=O)O)OC)N(C)C(=O)[C@@H](NC(=O)[C@H](C(C)C)N(C)C(=O)OCc1ccc(OS(=O)(=O)Oc2cc(C(=O)N(C)CC(C)(C)COCC(C)(C)Cn3cc(COCC(C)(C)COCC(C)(C)CN4C(=O)C=CC4=O)nn3)ccc2OC2C[C@@H](O)[C@@H](O)C(CO)O2)cc1)C(C)C. The van der Waals surface area contributed by atoms with Crippen molar-refractivity contribution >= 4 is 63.8 Å². The average molecular weight is 1760 g/mol. The number of carboxylic acids is 1. The van der Waals surface area contributed by atoms with Gasteiger partial charge in [0.25, 0.3) is 17.7 Å². The van der Waals surface area contributed by atoms with E-state index in [1.807, 2.05) is 81.5 Å². The molecule has 36 heteroatoms. The Labute approximate surface area is 728 Å². The van der Waals surface area contributed by atoms with Crippen LogP contribution < -0.4 is 23.7 Å². The Morgan fingerprint density at radius 3 is 1.93 bits per heavy atom. The molecule has 4 heterocycles. The summed E-state index contributed by atoms with van der Waals surface area (Å²) in [6.07, 6.45) is -2.46. The minimum absolute atomic E-state index is 0.0400. The Balaban J connectivity index is 0.925. The molecule has 0 bridgehead atoms. The van der Waals surface area contributed by atoms with Crippen molar-refractivity contribution in [3.8, 4) is 17.2 Å². The molecule has 6 N–H and O–H groups in total. The largest absolute Gasteiger partial charge is 0.501 e. The summed E-state index contributed by atoms with van der Waals surface area (Å²) in [6, 6.07) is 13.3. The van der Waals surface area contributed by atoms with Crippen LogP contribution in [0.3, 0.4) is 0 Å². The Hall–Kier alpha value is -9.24. The minimum Gasteiger partial charge on any atom is -0.480 e. The summed E-state index contributed by atoms with van der Waals surface area (Å²) >= 11 is 0. The number of methoxy groups -OCH3 is 2. The van der Waals surface area contributed by atoms with E-state index in [0.29, 0.717) is 70.0 Å². The van der Waals surface area contributed by atoms with Gasteiger partial charge in [-0.2, -0.15) is 0 Å². The van der Waals surface area contributed by atoms with E-state index in [9.17, 15) is 72.0 Å². The molecule has 3 aliphatic heterocycles. The summed E-state index contributed by atoms with van der Waals surface area (Å²) in [4.78, 5) is 129. The van der Waals surface area contributed by atoms with Gasteiger partial charge >= 0.3 is 22.5 Å². The van der Waals surface area contributed by atoms with Crippen LogP contribution in [0.1, 0.15) is 163 Å². The fourth-order valence-corrected chi connectivity index (χ4v) is 16.3. The summed E-state index contributed by atoms with van der Waals surface area (Å²) in [7, 11) is 2.34. The smallest absolute Gasteiger partial charge is 0.480 e. The normalized spacial score (nSPS) is 19.2. The zero-order valence-electron chi connectivity index (χ0n) is 75.4. The maximum absolute atomic E-state index is 14.9. The first-order chi connectivity index (χ1) is 58.1. The number of aliphatic hydroxyl groups excluding tert-OH is 3. The van der Waals surface area contributed by atoms with Crippen LogP contribution in [0.4, 0.5) is 4.79 Å².